The molecule has 2 N–H and O–H groups in total. The maximum atomic E-state index is 11.9. The molecular formula is C15H26N4O2. The van der Waals surface area contributed by atoms with E-state index in [4.69, 9.17) is 4.74 Å². The van der Waals surface area contributed by atoms with Crippen LogP contribution in [-0.2, 0) is 4.74 Å². The fraction of sp³-hybridized carbons (Fsp3) is 0.600. The van der Waals surface area contributed by atoms with Crippen LogP contribution in [0.25, 0.3) is 0 Å². The first kappa shape index (κ1) is 17.4. The predicted molar refractivity (Wildman–Crippen MR) is 84.7 cm³/mol. The number of ether oxygens (including phenoxy) is 1. The fourth-order valence-corrected chi connectivity index (χ4v) is 1.59. The Hall–Kier alpha value is -1.66. The van der Waals surface area contributed by atoms with Gasteiger partial charge >= 0.3 is 0 Å². The molecular weight excluding hydrogens is 268 g/mol. The summed E-state index contributed by atoms with van der Waals surface area (Å²) < 4.78 is 5.42. The molecule has 1 aromatic rings. The van der Waals surface area contributed by atoms with Crippen LogP contribution in [0.1, 0.15) is 23.8 Å². The first-order valence-electron chi connectivity index (χ1n) is 7.35. The zero-order valence-electron chi connectivity index (χ0n) is 13.2. The Morgan fingerprint density at radius 2 is 2.10 bits per heavy atom. The van der Waals surface area contributed by atoms with Crippen LogP contribution in [0.3, 0.4) is 0 Å². The minimum absolute atomic E-state index is 0.175. The van der Waals surface area contributed by atoms with Gasteiger partial charge in [-0.1, -0.05) is 13.0 Å². The van der Waals surface area contributed by atoms with Crippen molar-refractivity contribution in [2.45, 2.75) is 13.3 Å². The van der Waals surface area contributed by atoms with Gasteiger partial charge in [0.05, 0.1) is 13.2 Å². The van der Waals surface area contributed by atoms with Gasteiger partial charge in [0.25, 0.3) is 5.91 Å². The summed E-state index contributed by atoms with van der Waals surface area (Å²) in [5.41, 5.74) is 0.421. The molecule has 0 atom stereocenters. The van der Waals surface area contributed by atoms with Crippen molar-refractivity contribution in [1.29, 1.82) is 0 Å². The van der Waals surface area contributed by atoms with E-state index in [1.807, 2.05) is 26.2 Å². The first-order valence-corrected chi connectivity index (χ1v) is 7.35. The molecule has 0 aliphatic carbocycles. The molecule has 6 heteroatoms. The second-order valence-electron chi connectivity index (χ2n) is 5.01. The van der Waals surface area contributed by atoms with E-state index in [2.05, 4.69) is 27.4 Å². The molecule has 1 rings (SSSR count). The number of hydrogen-bond acceptors (Lipinski definition) is 5. The Bertz CT molecular complexity index is 424. The lowest BCUT2D eigenvalue weighted by molar-refractivity contribution is 0.0896. The number of hydrogen-bond donors (Lipinski definition) is 2. The molecule has 0 aromatic carbocycles. The van der Waals surface area contributed by atoms with Crippen molar-refractivity contribution in [3.63, 3.8) is 0 Å². The standard InChI is InChI=1S/C15H26N4O2/c1-4-8-16-14-7-5-6-13(18-14)15(20)17-9-11-21-12-10-19(2)3/h5-7H,4,8-12H2,1-3H3,(H,16,18)(H,17,20). The van der Waals surface area contributed by atoms with Gasteiger partial charge in [-0.25, -0.2) is 4.98 Å². The summed E-state index contributed by atoms with van der Waals surface area (Å²) in [6.07, 6.45) is 1.02. The molecule has 118 valence electrons. The topological polar surface area (TPSA) is 66.5 Å². The predicted octanol–water partition coefficient (Wildman–Crippen LogP) is 1.21. The summed E-state index contributed by atoms with van der Waals surface area (Å²) in [6.45, 7) is 5.46. The Morgan fingerprint density at radius 1 is 1.29 bits per heavy atom. The second-order valence-corrected chi connectivity index (χ2v) is 5.01. The fourth-order valence-electron chi connectivity index (χ4n) is 1.59. The molecule has 0 unspecified atom stereocenters. The van der Waals surface area contributed by atoms with Crippen LogP contribution in [0.15, 0.2) is 18.2 Å². The van der Waals surface area contributed by atoms with Crippen molar-refractivity contribution in [3.05, 3.63) is 23.9 Å². The van der Waals surface area contributed by atoms with Crippen molar-refractivity contribution >= 4 is 11.7 Å². The lowest BCUT2D eigenvalue weighted by Gasteiger charge is -2.10. The summed E-state index contributed by atoms with van der Waals surface area (Å²) in [5.74, 6) is 0.554. The van der Waals surface area contributed by atoms with Gasteiger partial charge in [0, 0.05) is 19.6 Å². The third kappa shape index (κ3) is 7.63. The minimum Gasteiger partial charge on any atom is -0.378 e. The van der Waals surface area contributed by atoms with Gasteiger partial charge in [-0.05, 0) is 32.6 Å². The molecule has 1 aromatic heterocycles. The summed E-state index contributed by atoms with van der Waals surface area (Å²) in [5, 5.41) is 5.97. The number of likely N-dealkylation sites (N-methyl/N-ethyl adjacent to an activating group) is 1. The van der Waals surface area contributed by atoms with E-state index < -0.39 is 0 Å². The van der Waals surface area contributed by atoms with Crippen LogP contribution in [0.4, 0.5) is 5.82 Å². The van der Waals surface area contributed by atoms with Gasteiger partial charge in [0.1, 0.15) is 11.5 Å². The molecule has 0 radical (unpaired) electrons. The molecule has 0 bridgehead atoms. The van der Waals surface area contributed by atoms with Crippen LogP contribution < -0.4 is 10.6 Å². The maximum Gasteiger partial charge on any atom is 0.270 e. The van der Waals surface area contributed by atoms with E-state index in [1.54, 1.807) is 6.07 Å². The molecule has 6 nitrogen and oxygen atoms in total. The number of rotatable bonds is 10. The smallest absolute Gasteiger partial charge is 0.270 e. The Balaban J connectivity index is 2.28. The summed E-state index contributed by atoms with van der Waals surface area (Å²) in [4.78, 5) is 18.3. The molecule has 21 heavy (non-hydrogen) atoms. The molecule has 0 saturated heterocycles. The number of pyridine rings is 1. The van der Waals surface area contributed by atoms with E-state index in [0.717, 1.165) is 25.3 Å². The average Bonchev–Trinajstić information content (AvgIpc) is 2.48. The second kappa shape index (κ2) is 10.1. The number of carbonyl (C=O) groups excluding carboxylic acids is 1. The Morgan fingerprint density at radius 3 is 2.81 bits per heavy atom. The lowest BCUT2D eigenvalue weighted by Crippen LogP contribution is -2.29. The van der Waals surface area contributed by atoms with Crippen molar-refractivity contribution in [2.24, 2.45) is 0 Å². The van der Waals surface area contributed by atoms with Crippen molar-refractivity contribution < 1.29 is 9.53 Å². The third-order valence-corrected chi connectivity index (χ3v) is 2.75. The summed E-state index contributed by atoms with van der Waals surface area (Å²) in [6, 6.07) is 5.39. The van der Waals surface area contributed by atoms with Gasteiger partial charge in [0.2, 0.25) is 0 Å². The zero-order chi connectivity index (χ0) is 15.5. The highest BCUT2D eigenvalue weighted by molar-refractivity contribution is 5.92. The molecule has 0 fully saturated rings. The van der Waals surface area contributed by atoms with Crippen molar-refractivity contribution in [3.8, 4) is 0 Å². The molecule has 1 amide bonds. The number of aromatic nitrogens is 1. The zero-order valence-corrected chi connectivity index (χ0v) is 13.2. The van der Waals surface area contributed by atoms with Crippen LogP contribution in [0.5, 0.6) is 0 Å². The highest BCUT2D eigenvalue weighted by Crippen LogP contribution is 2.04. The largest absolute Gasteiger partial charge is 0.378 e. The number of nitrogens with zero attached hydrogens (tertiary/aromatic N) is 2. The minimum atomic E-state index is -0.175. The van der Waals surface area contributed by atoms with Gasteiger partial charge < -0.3 is 20.3 Å². The summed E-state index contributed by atoms with van der Waals surface area (Å²) in [7, 11) is 3.99. The van der Waals surface area contributed by atoms with Crippen LogP contribution in [-0.4, -0.2) is 62.7 Å². The highest BCUT2D eigenvalue weighted by atomic mass is 16.5. The lowest BCUT2D eigenvalue weighted by atomic mass is 10.3. The van der Waals surface area contributed by atoms with Gasteiger partial charge in [-0.3, -0.25) is 4.79 Å². The first-order chi connectivity index (χ1) is 10.1. The van der Waals surface area contributed by atoms with E-state index in [-0.39, 0.29) is 5.91 Å². The van der Waals surface area contributed by atoms with Crippen LogP contribution >= 0.6 is 0 Å². The quantitative estimate of drug-likeness (QED) is 0.635. The molecule has 1 heterocycles. The number of anilines is 1. The number of carbonyl (C=O) groups is 1. The number of amides is 1. The SMILES string of the molecule is CCCNc1cccc(C(=O)NCCOCCN(C)C)n1. The molecule has 0 aliphatic rings. The number of nitrogens with one attached hydrogen (secondary N) is 2. The molecule has 0 spiro atoms. The van der Waals surface area contributed by atoms with Crippen molar-refractivity contribution in [2.75, 3.05) is 52.3 Å². The average molecular weight is 294 g/mol. The molecule has 0 aliphatic heterocycles. The van der Waals surface area contributed by atoms with E-state index in [9.17, 15) is 4.79 Å². The highest BCUT2D eigenvalue weighted by Gasteiger charge is 2.07. The Kier molecular flexibility index (Phi) is 8.38. The molecule has 0 saturated carbocycles. The van der Waals surface area contributed by atoms with Gasteiger partial charge in [-0.2, -0.15) is 0 Å². The summed E-state index contributed by atoms with van der Waals surface area (Å²) >= 11 is 0. The maximum absolute atomic E-state index is 11.9. The third-order valence-electron chi connectivity index (χ3n) is 2.75. The van der Waals surface area contributed by atoms with E-state index in [0.29, 0.717) is 25.5 Å². The van der Waals surface area contributed by atoms with E-state index in [1.165, 1.54) is 0 Å². The van der Waals surface area contributed by atoms with Gasteiger partial charge in [0.15, 0.2) is 0 Å². The van der Waals surface area contributed by atoms with Gasteiger partial charge in [-0.15, -0.1) is 0 Å². The monoisotopic (exact) mass is 294 g/mol. The van der Waals surface area contributed by atoms with E-state index >= 15 is 0 Å². The van der Waals surface area contributed by atoms with Crippen LogP contribution in [0.2, 0.25) is 0 Å². The Labute approximate surface area is 126 Å². The normalized spacial score (nSPS) is 10.7. The van der Waals surface area contributed by atoms with Crippen LogP contribution in [0, 0.1) is 0 Å². The van der Waals surface area contributed by atoms with Crippen molar-refractivity contribution in [1.82, 2.24) is 15.2 Å².